The summed E-state index contributed by atoms with van der Waals surface area (Å²) >= 11 is 1.72. The van der Waals surface area contributed by atoms with Gasteiger partial charge in [0, 0.05) is 36.8 Å². The molecule has 1 N–H and O–H groups in total. The Morgan fingerprint density at radius 3 is 3.29 bits per heavy atom. The Balaban J connectivity index is 1.49. The zero-order chi connectivity index (χ0) is 14.2. The van der Waals surface area contributed by atoms with E-state index in [1.165, 1.54) is 17.1 Å². The van der Waals surface area contributed by atoms with Crippen LogP contribution in [0.1, 0.15) is 17.1 Å². The average molecular weight is 299 g/mol. The largest absolute Gasteiger partial charge is 0.369 e. The van der Waals surface area contributed by atoms with Crippen molar-refractivity contribution in [1.29, 1.82) is 0 Å². The van der Waals surface area contributed by atoms with Crippen molar-refractivity contribution < 1.29 is 0 Å². The number of aromatic nitrogens is 4. The molecule has 108 valence electrons. The number of rotatable bonds is 3. The third-order valence-electron chi connectivity index (χ3n) is 4.04. The number of hydrogen-bond donors (Lipinski definition) is 1. The highest BCUT2D eigenvalue weighted by Crippen LogP contribution is 2.28. The molecule has 0 aliphatic carbocycles. The van der Waals surface area contributed by atoms with Gasteiger partial charge in [-0.1, -0.05) is 0 Å². The molecule has 0 aromatic carbocycles. The minimum absolute atomic E-state index is 0.622. The molecule has 4 heterocycles. The SMILES string of the molecule is Cc1cc2c(NC[C@@H]3CCc4nccn4C3)ncnc2s1. The van der Waals surface area contributed by atoms with E-state index in [1.54, 1.807) is 17.7 Å². The highest BCUT2D eigenvalue weighted by Gasteiger charge is 2.19. The Morgan fingerprint density at radius 1 is 1.38 bits per heavy atom. The highest BCUT2D eigenvalue weighted by atomic mass is 32.1. The van der Waals surface area contributed by atoms with Gasteiger partial charge in [0.1, 0.15) is 22.8 Å². The molecule has 3 aromatic rings. The summed E-state index contributed by atoms with van der Waals surface area (Å²) in [5, 5.41) is 4.65. The van der Waals surface area contributed by atoms with E-state index < -0.39 is 0 Å². The Kier molecular flexibility index (Phi) is 3.11. The minimum Gasteiger partial charge on any atom is -0.369 e. The van der Waals surface area contributed by atoms with Gasteiger partial charge in [0.05, 0.1) is 5.39 Å². The van der Waals surface area contributed by atoms with E-state index in [2.05, 4.69) is 44.0 Å². The molecule has 0 bridgehead atoms. The lowest BCUT2D eigenvalue weighted by molar-refractivity contribution is 0.381. The van der Waals surface area contributed by atoms with Crippen LogP contribution in [0.4, 0.5) is 5.82 Å². The van der Waals surface area contributed by atoms with E-state index in [1.807, 2.05) is 6.20 Å². The van der Waals surface area contributed by atoms with E-state index >= 15 is 0 Å². The van der Waals surface area contributed by atoms with Gasteiger partial charge in [0.25, 0.3) is 0 Å². The molecular formula is C15H17N5S. The molecule has 21 heavy (non-hydrogen) atoms. The Labute approximate surface area is 127 Å². The summed E-state index contributed by atoms with van der Waals surface area (Å²) in [6.45, 7) is 4.09. The summed E-state index contributed by atoms with van der Waals surface area (Å²) < 4.78 is 2.26. The number of aryl methyl sites for hydroxylation is 2. The van der Waals surface area contributed by atoms with Crippen LogP contribution >= 0.6 is 11.3 Å². The summed E-state index contributed by atoms with van der Waals surface area (Å²) in [5.74, 6) is 2.79. The second-order valence-corrected chi connectivity index (χ2v) is 6.81. The molecule has 1 atom stereocenters. The molecule has 0 spiro atoms. The van der Waals surface area contributed by atoms with Crippen LogP contribution in [0.25, 0.3) is 10.2 Å². The Hall–Kier alpha value is -1.95. The summed E-state index contributed by atoms with van der Waals surface area (Å²) in [4.78, 5) is 15.4. The number of fused-ring (bicyclic) bond motifs is 2. The monoisotopic (exact) mass is 299 g/mol. The zero-order valence-corrected chi connectivity index (χ0v) is 12.7. The zero-order valence-electron chi connectivity index (χ0n) is 11.9. The molecule has 3 aromatic heterocycles. The summed E-state index contributed by atoms with van der Waals surface area (Å²) in [6, 6.07) is 2.16. The first-order chi connectivity index (χ1) is 10.3. The second-order valence-electron chi connectivity index (χ2n) is 5.58. The van der Waals surface area contributed by atoms with Gasteiger partial charge in [-0.25, -0.2) is 15.0 Å². The lowest BCUT2D eigenvalue weighted by Gasteiger charge is -2.24. The Bertz CT molecular complexity index is 775. The quantitative estimate of drug-likeness (QED) is 0.808. The number of nitrogens with one attached hydrogen (secondary N) is 1. The predicted octanol–water partition coefficient (Wildman–Crippen LogP) is 2.87. The van der Waals surface area contributed by atoms with E-state index in [9.17, 15) is 0 Å². The topological polar surface area (TPSA) is 55.6 Å². The third-order valence-corrected chi connectivity index (χ3v) is 5.00. The predicted molar refractivity (Wildman–Crippen MR) is 84.7 cm³/mol. The maximum atomic E-state index is 4.40. The summed E-state index contributed by atoms with van der Waals surface area (Å²) in [7, 11) is 0. The molecule has 1 aliphatic rings. The molecule has 0 saturated heterocycles. The third kappa shape index (κ3) is 2.40. The van der Waals surface area contributed by atoms with E-state index in [-0.39, 0.29) is 0 Å². The van der Waals surface area contributed by atoms with Crippen LogP contribution in [0.2, 0.25) is 0 Å². The first kappa shape index (κ1) is 12.8. The van der Waals surface area contributed by atoms with Crippen molar-refractivity contribution in [3.63, 3.8) is 0 Å². The molecule has 5 nitrogen and oxygen atoms in total. The first-order valence-electron chi connectivity index (χ1n) is 7.24. The van der Waals surface area contributed by atoms with Crippen LogP contribution in [-0.2, 0) is 13.0 Å². The van der Waals surface area contributed by atoms with Gasteiger partial charge >= 0.3 is 0 Å². The highest BCUT2D eigenvalue weighted by molar-refractivity contribution is 7.18. The van der Waals surface area contributed by atoms with Crippen LogP contribution in [0.15, 0.2) is 24.8 Å². The van der Waals surface area contributed by atoms with E-state index in [0.717, 1.165) is 35.5 Å². The number of imidazole rings is 1. The van der Waals surface area contributed by atoms with Gasteiger partial charge in [-0.2, -0.15) is 0 Å². The molecule has 0 fully saturated rings. The molecule has 0 saturated carbocycles. The fraction of sp³-hybridized carbons (Fsp3) is 0.400. The minimum atomic E-state index is 0.622. The number of hydrogen-bond acceptors (Lipinski definition) is 5. The molecular weight excluding hydrogens is 282 g/mol. The van der Waals surface area contributed by atoms with Crippen molar-refractivity contribution in [2.75, 3.05) is 11.9 Å². The molecule has 4 rings (SSSR count). The molecule has 0 amide bonds. The van der Waals surface area contributed by atoms with Crippen molar-refractivity contribution in [2.45, 2.75) is 26.3 Å². The molecule has 6 heteroatoms. The maximum Gasteiger partial charge on any atom is 0.138 e. The van der Waals surface area contributed by atoms with E-state index in [0.29, 0.717) is 5.92 Å². The Morgan fingerprint density at radius 2 is 2.33 bits per heavy atom. The van der Waals surface area contributed by atoms with Crippen LogP contribution in [0.3, 0.4) is 0 Å². The standard InChI is InChI=1S/C15H17N5S/c1-10-6-12-14(18-9-19-15(12)21-10)17-7-11-2-3-13-16-4-5-20(13)8-11/h4-6,9,11H,2-3,7-8H2,1H3,(H,17,18,19)/t11-/m0/s1. The average Bonchev–Trinajstić information content (AvgIpc) is 3.09. The first-order valence-corrected chi connectivity index (χ1v) is 8.06. The lowest BCUT2D eigenvalue weighted by atomic mass is 9.99. The van der Waals surface area contributed by atoms with Crippen molar-refractivity contribution in [3.05, 3.63) is 35.5 Å². The van der Waals surface area contributed by atoms with Gasteiger partial charge in [-0.15, -0.1) is 11.3 Å². The number of nitrogens with zero attached hydrogens (tertiary/aromatic N) is 4. The maximum absolute atomic E-state index is 4.40. The van der Waals surface area contributed by atoms with Crippen molar-refractivity contribution in [2.24, 2.45) is 5.92 Å². The molecule has 0 unspecified atom stereocenters. The van der Waals surface area contributed by atoms with Crippen LogP contribution < -0.4 is 5.32 Å². The van der Waals surface area contributed by atoms with Gasteiger partial charge in [-0.3, -0.25) is 0 Å². The van der Waals surface area contributed by atoms with Crippen molar-refractivity contribution >= 4 is 27.4 Å². The van der Waals surface area contributed by atoms with E-state index in [4.69, 9.17) is 0 Å². The van der Waals surface area contributed by atoms with Crippen LogP contribution in [0, 0.1) is 12.8 Å². The van der Waals surface area contributed by atoms with Gasteiger partial charge < -0.3 is 9.88 Å². The second kappa shape index (κ2) is 5.11. The smallest absolute Gasteiger partial charge is 0.138 e. The van der Waals surface area contributed by atoms with Crippen LogP contribution in [0.5, 0.6) is 0 Å². The van der Waals surface area contributed by atoms with Crippen LogP contribution in [-0.4, -0.2) is 26.1 Å². The molecule has 0 radical (unpaired) electrons. The summed E-state index contributed by atoms with van der Waals surface area (Å²) in [5.41, 5.74) is 0. The lowest BCUT2D eigenvalue weighted by Crippen LogP contribution is -2.26. The fourth-order valence-electron chi connectivity index (χ4n) is 2.96. The van der Waals surface area contributed by atoms with Gasteiger partial charge in [0.2, 0.25) is 0 Å². The fourth-order valence-corrected chi connectivity index (χ4v) is 3.81. The number of thiophene rings is 1. The van der Waals surface area contributed by atoms with Gasteiger partial charge in [0.15, 0.2) is 0 Å². The van der Waals surface area contributed by atoms with Crippen molar-refractivity contribution in [3.8, 4) is 0 Å². The molecule has 1 aliphatic heterocycles. The van der Waals surface area contributed by atoms with Gasteiger partial charge in [-0.05, 0) is 25.3 Å². The number of anilines is 1. The normalized spacial score (nSPS) is 17.9. The van der Waals surface area contributed by atoms with Crippen molar-refractivity contribution in [1.82, 2.24) is 19.5 Å². The summed E-state index contributed by atoms with van der Waals surface area (Å²) in [6.07, 6.45) is 7.87.